The molecule has 2 N–H and O–H groups in total. The standard InChI is InChI=1S/C12H15N3/c1-9(5-6-13)11-4-2-3-10-7-14-15-8-12(10)11/h2-4,7-9H,5-6,13H2,1H3. The molecule has 0 aliphatic carbocycles. The lowest BCUT2D eigenvalue weighted by Crippen LogP contribution is -2.05. The molecular formula is C12H15N3. The van der Waals surface area contributed by atoms with E-state index in [0.29, 0.717) is 5.92 Å². The summed E-state index contributed by atoms with van der Waals surface area (Å²) in [4.78, 5) is 0. The smallest absolute Gasteiger partial charge is 0.0577 e. The van der Waals surface area contributed by atoms with Crippen LogP contribution in [0.4, 0.5) is 0 Å². The number of benzene rings is 1. The summed E-state index contributed by atoms with van der Waals surface area (Å²) >= 11 is 0. The van der Waals surface area contributed by atoms with E-state index >= 15 is 0 Å². The maximum absolute atomic E-state index is 5.58. The molecule has 1 aromatic carbocycles. The van der Waals surface area contributed by atoms with Gasteiger partial charge in [-0.3, -0.25) is 0 Å². The van der Waals surface area contributed by atoms with Crippen molar-refractivity contribution in [3.05, 3.63) is 36.2 Å². The molecule has 0 saturated heterocycles. The molecule has 0 fully saturated rings. The lowest BCUT2D eigenvalue weighted by molar-refractivity contribution is 0.694. The van der Waals surface area contributed by atoms with Crippen LogP contribution in [0.3, 0.4) is 0 Å². The number of fused-ring (bicyclic) bond motifs is 1. The second-order valence-corrected chi connectivity index (χ2v) is 3.82. The van der Waals surface area contributed by atoms with E-state index < -0.39 is 0 Å². The summed E-state index contributed by atoms with van der Waals surface area (Å²) in [5.41, 5.74) is 6.90. The molecule has 2 rings (SSSR count). The SMILES string of the molecule is CC(CCN)c1cccc2cnncc12. The third kappa shape index (κ3) is 1.97. The highest BCUT2D eigenvalue weighted by Crippen LogP contribution is 2.25. The van der Waals surface area contributed by atoms with Gasteiger partial charge in [-0.25, -0.2) is 0 Å². The third-order valence-corrected chi connectivity index (χ3v) is 2.75. The fourth-order valence-electron chi connectivity index (χ4n) is 1.89. The molecule has 0 amide bonds. The summed E-state index contributed by atoms with van der Waals surface area (Å²) in [6.07, 6.45) is 4.63. The fraction of sp³-hybridized carbons (Fsp3) is 0.333. The second-order valence-electron chi connectivity index (χ2n) is 3.82. The maximum atomic E-state index is 5.58. The molecule has 0 radical (unpaired) electrons. The van der Waals surface area contributed by atoms with E-state index in [9.17, 15) is 0 Å². The van der Waals surface area contributed by atoms with Gasteiger partial charge in [0, 0.05) is 10.8 Å². The molecule has 1 unspecified atom stereocenters. The van der Waals surface area contributed by atoms with Crippen LogP contribution in [-0.4, -0.2) is 16.7 Å². The lowest BCUT2D eigenvalue weighted by Gasteiger charge is -2.12. The first-order valence-corrected chi connectivity index (χ1v) is 5.22. The van der Waals surface area contributed by atoms with Gasteiger partial charge in [-0.05, 0) is 24.4 Å². The van der Waals surface area contributed by atoms with Crippen molar-refractivity contribution in [1.29, 1.82) is 0 Å². The van der Waals surface area contributed by atoms with Gasteiger partial charge in [0.2, 0.25) is 0 Å². The second kappa shape index (κ2) is 4.36. The van der Waals surface area contributed by atoms with Crippen LogP contribution in [0, 0.1) is 0 Å². The summed E-state index contributed by atoms with van der Waals surface area (Å²) in [5, 5.41) is 10.2. The number of hydrogen-bond acceptors (Lipinski definition) is 3. The minimum atomic E-state index is 0.475. The van der Waals surface area contributed by atoms with E-state index in [1.165, 1.54) is 10.9 Å². The first kappa shape index (κ1) is 10.1. The minimum absolute atomic E-state index is 0.475. The molecule has 78 valence electrons. The van der Waals surface area contributed by atoms with E-state index in [4.69, 9.17) is 5.73 Å². The van der Waals surface area contributed by atoms with E-state index in [-0.39, 0.29) is 0 Å². The van der Waals surface area contributed by atoms with E-state index in [1.807, 2.05) is 6.20 Å². The van der Waals surface area contributed by atoms with Crippen LogP contribution in [0.2, 0.25) is 0 Å². The first-order valence-electron chi connectivity index (χ1n) is 5.22. The number of aromatic nitrogens is 2. The van der Waals surface area contributed by atoms with Crippen LogP contribution >= 0.6 is 0 Å². The van der Waals surface area contributed by atoms with Gasteiger partial charge in [-0.15, -0.1) is 0 Å². The Balaban J connectivity index is 2.50. The molecule has 1 heterocycles. The highest BCUT2D eigenvalue weighted by Gasteiger charge is 2.08. The zero-order valence-electron chi connectivity index (χ0n) is 8.85. The number of nitrogens with zero attached hydrogens (tertiary/aromatic N) is 2. The van der Waals surface area contributed by atoms with E-state index in [0.717, 1.165) is 18.4 Å². The Morgan fingerprint density at radius 3 is 2.87 bits per heavy atom. The van der Waals surface area contributed by atoms with Crippen molar-refractivity contribution < 1.29 is 0 Å². The molecule has 3 nitrogen and oxygen atoms in total. The maximum Gasteiger partial charge on any atom is 0.0577 e. The normalized spacial score (nSPS) is 12.9. The average molecular weight is 201 g/mol. The van der Waals surface area contributed by atoms with Gasteiger partial charge in [0.05, 0.1) is 12.4 Å². The Morgan fingerprint density at radius 1 is 1.27 bits per heavy atom. The fourth-order valence-corrected chi connectivity index (χ4v) is 1.89. The summed E-state index contributed by atoms with van der Waals surface area (Å²) in [6.45, 7) is 2.91. The largest absolute Gasteiger partial charge is 0.330 e. The Labute approximate surface area is 89.3 Å². The molecule has 3 heteroatoms. The molecule has 0 bridgehead atoms. The van der Waals surface area contributed by atoms with Gasteiger partial charge in [-0.1, -0.05) is 25.1 Å². The summed E-state index contributed by atoms with van der Waals surface area (Å²) in [7, 11) is 0. The van der Waals surface area contributed by atoms with Crippen LogP contribution in [0.25, 0.3) is 10.8 Å². The third-order valence-electron chi connectivity index (χ3n) is 2.75. The number of rotatable bonds is 3. The minimum Gasteiger partial charge on any atom is -0.330 e. The van der Waals surface area contributed by atoms with Crippen molar-refractivity contribution in [3.8, 4) is 0 Å². The highest BCUT2D eigenvalue weighted by molar-refractivity contribution is 5.84. The molecule has 1 atom stereocenters. The number of hydrogen-bond donors (Lipinski definition) is 1. The van der Waals surface area contributed by atoms with Crippen molar-refractivity contribution in [3.63, 3.8) is 0 Å². The predicted octanol–water partition coefficient (Wildman–Crippen LogP) is 2.08. The topological polar surface area (TPSA) is 51.8 Å². The van der Waals surface area contributed by atoms with E-state index in [2.05, 4.69) is 35.3 Å². The Bertz CT molecular complexity index is 448. The van der Waals surface area contributed by atoms with E-state index in [1.54, 1.807) is 6.20 Å². The molecule has 0 aliphatic rings. The zero-order valence-corrected chi connectivity index (χ0v) is 8.85. The van der Waals surface area contributed by atoms with Gasteiger partial charge in [0.25, 0.3) is 0 Å². The molecule has 1 aromatic heterocycles. The predicted molar refractivity (Wildman–Crippen MR) is 61.6 cm³/mol. The molecule has 0 spiro atoms. The monoisotopic (exact) mass is 201 g/mol. The summed E-state index contributed by atoms with van der Waals surface area (Å²) < 4.78 is 0. The Morgan fingerprint density at radius 2 is 2.07 bits per heavy atom. The van der Waals surface area contributed by atoms with Crippen molar-refractivity contribution >= 4 is 10.8 Å². The van der Waals surface area contributed by atoms with Gasteiger partial charge < -0.3 is 5.73 Å². The van der Waals surface area contributed by atoms with Crippen LogP contribution in [0.15, 0.2) is 30.6 Å². The van der Waals surface area contributed by atoms with Crippen LogP contribution in [0.1, 0.15) is 24.8 Å². The Hall–Kier alpha value is -1.48. The average Bonchev–Trinajstić information content (AvgIpc) is 2.28. The van der Waals surface area contributed by atoms with Crippen LogP contribution < -0.4 is 5.73 Å². The highest BCUT2D eigenvalue weighted by atomic mass is 15.1. The number of nitrogens with two attached hydrogens (primary N) is 1. The zero-order chi connectivity index (χ0) is 10.7. The van der Waals surface area contributed by atoms with Crippen molar-refractivity contribution in [1.82, 2.24) is 10.2 Å². The Kier molecular flexibility index (Phi) is 2.92. The molecular weight excluding hydrogens is 186 g/mol. The molecule has 15 heavy (non-hydrogen) atoms. The quantitative estimate of drug-likeness (QED) is 0.827. The van der Waals surface area contributed by atoms with Crippen molar-refractivity contribution in [2.75, 3.05) is 6.54 Å². The van der Waals surface area contributed by atoms with Gasteiger partial charge in [0.15, 0.2) is 0 Å². The van der Waals surface area contributed by atoms with Crippen LogP contribution in [-0.2, 0) is 0 Å². The summed E-state index contributed by atoms with van der Waals surface area (Å²) in [5.74, 6) is 0.475. The molecule has 0 saturated carbocycles. The van der Waals surface area contributed by atoms with Gasteiger partial charge in [0.1, 0.15) is 0 Å². The van der Waals surface area contributed by atoms with Crippen LogP contribution in [0.5, 0.6) is 0 Å². The first-order chi connectivity index (χ1) is 7.33. The van der Waals surface area contributed by atoms with Crippen molar-refractivity contribution in [2.24, 2.45) is 5.73 Å². The van der Waals surface area contributed by atoms with Gasteiger partial charge >= 0.3 is 0 Å². The van der Waals surface area contributed by atoms with Gasteiger partial charge in [-0.2, -0.15) is 10.2 Å². The lowest BCUT2D eigenvalue weighted by atomic mass is 9.94. The summed E-state index contributed by atoms with van der Waals surface area (Å²) in [6, 6.07) is 6.26. The molecule has 0 aliphatic heterocycles. The molecule has 2 aromatic rings. The van der Waals surface area contributed by atoms with Crippen molar-refractivity contribution in [2.45, 2.75) is 19.3 Å².